The van der Waals surface area contributed by atoms with Crippen LogP contribution in [0.4, 0.5) is 11.4 Å². The van der Waals surface area contributed by atoms with Crippen molar-refractivity contribution in [3.05, 3.63) is 35.4 Å². The van der Waals surface area contributed by atoms with Crippen molar-refractivity contribution in [1.82, 2.24) is 4.90 Å². The minimum absolute atomic E-state index is 0.727. The number of allylic oxidation sites excluding steroid dienone is 1. The van der Waals surface area contributed by atoms with Crippen molar-refractivity contribution in [2.45, 2.75) is 20.4 Å². The van der Waals surface area contributed by atoms with E-state index in [1.54, 1.807) is 6.07 Å². The summed E-state index contributed by atoms with van der Waals surface area (Å²) in [6.45, 7) is 6.01. The number of hydrogen-bond acceptors (Lipinski definition) is 3. The fraction of sp³-hybridized carbons (Fsp3) is 0.385. The molecule has 1 aromatic rings. The highest BCUT2D eigenvalue weighted by molar-refractivity contribution is 5.54. The molecule has 0 saturated carbocycles. The summed E-state index contributed by atoms with van der Waals surface area (Å²) in [5.74, 6) is 0. The van der Waals surface area contributed by atoms with Crippen molar-refractivity contribution >= 4 is 11.4 Å². The molecular formula is C13H21N3. The van der Waals surface area contributed by atoms with Gasteiger partial charge in [-0.25, -0.2) is 0 Å². The summed E-state index contributed by atoms with van der Waals surface area (Å²) < 4.78 is 0. The lowest BCUT2D eigenvalue weighted by molar-refractivity contribution is 0.363. The topological polar surface area (TPSA) is 55.3 Å². The standard InChI is InChI=1S/C13H21N3/c1-10(2)4-5-16(3)9-11-6-12(14)8-13(15)7-11/h4,6-8H,5,9,14-15H2,1-3H3. The van der Waals surface area contributed by atoms with Crippen LogP contribution in [-0.2, 0) is 6.54 Å². The van der Waals surface area contributed by atoms with Crippen LogP contribution in [0.15, 0.2) is 29.8 Å². The molecule has 0 heterocycles. The largest absolute Gasteiger partial charge is 0.399 e. The Kier molecular flexibility index (Phi) is 4.38. The first-order chi connectivity index (χ1) is 7.47. The van der Waals surface area contributed by atoms with Gasteiger partial charge in [-0.2, -0.15) is 0 Å². The maximum Gasteiger partial charge on any atom is 0.0337 e. The molecule has 3 nitrogen and oxygen atoms in total. The fourth-order valence-corrected chi connectivity index (χ4v) is 1.55. The van der Waals surface area contributed by atoms with Crippen LogP contribution in [0.2, 0.25) is 0 Å². The number of rotatable bonds is 4. The van der Waals surface area contributed by atoms with E-state index in [-0.39, 0.29) is 0 Å². The number of nitrogens with two attached hydrogens (primary N) is 2. The van der Waals surface area contributed by atoms with Crippen LogP contribution in [-0.4, -0.2) is 18.5 Å². The molecule has 0 aromatic heterocycles. The second-order valence-corrected chi connectivity index (χ2v) is 4.49. The fourth-order valence-electron chi connectivity index (χ4n) is 1.55. The summed E-state index contributed by atoms with van der Waals surface area (Å²) in [7, 11) is 2.08. The molecular weight excluding hydrogens is 198 g/mol. The van der Waals surface area contributed by atoms with Crippen LogP contribution >= 0.6 is 0 Å². The molecule has 1 aromatic carbocycles. The molecule has 0 spiro atoms. The van der Waals surface area contributed by atoms with E-state index in [1.165, 1.54) is 5.57 Å². The Morgan fingerprint density at radius 2 is 1.75 bits per heavy atom. The molecule has 1 rings (SSSR count). The van der Waals surface area contributed by atoms with Gasteiger partial charge in [0.05, 0.1) is 0 Å². The van der Waals surface area contributed by atoms with Gasteiger partial charge < -0.3 is 11.5 Å². The van der Waals surface area contributed by atoms with Crippen LogP contribution in [0.1, 0.15) is 19.4 Å². The first-order valence-electron chi connectivity index (χ1n) is 5.44. The molecule has 0 aliphatic carbocycles. The van der Waals surface area contributed by atoms with Gasteiger partial charge in [-0.1, -0.05) is 11.6 Å². The van der Waals surface area contributed by atoms with Gasteiger partial charge in [0.2, 0.25) is 0 Å². The molecule has 0 atom stereocenters. The molecule has 0 bridgehead atoms. The molecule has 3 heteroatoms. The highest BCUT2D eigenvalue weighted by atomic mass is 15.1. The maximum atomic E-state index is 5.75. The molecule has 0 radical (unpaired) electrons. The number of likely N-dealkylation sites (N-methyl/N-ethyl adjacent to an activating group) is 1. The van der Waals surface area contributed by atoms with Crippen molar-refractivity contribution in [3.8, 4) is 0 Å². The quantitative estimate of drug-likeness (QED) is 0.603. The molecule has 0 amide bonds. The van der Waals surface area contributed by atoms with Crippen molar-refractivity contribution in [1.29, 1.82) is 0 Å². The lowest BCUT2D eigenvalue weighted by atomic mass is 10.1. The Morgan fingerprint density at radius 1 is 1.19 bits per heavy atom. The van der Waals surface area contributed by atoms with Gasteiger partial charge in [-0.3, -0.25) is 4.90 Å². The minimum Gasteiger partial charge on any atom is -0.399 e. The highest BCUT2D eigenvalue weighted by Gasteiger charge is 2.00. The average Bonchev–Trinajstić information content (AvgIpc) is 2.12. The predicted molar refractivity (Wildman–Crippen MR) is 71.0 cm³/mol. The Hall–Kier alpha value is -1.48. The minimum atomic E-state index is 0.727. The zero-order valence-electron chi connectivity index (χ0n) is 10.3. The van der Waals surface area contributed by atoms with Gasteiger partial charge in [-0.05, 0) is 44.7 Å². The Bertz CT molecular complexity index is 359. The van der Waals surface area contributed by atoms with Crippen molar-refractivity contribution < 1.29 is 0 Å². The van der Waals surface area contributed by atoms with Crippen molar-refractivity contribution in [2.24, 2.45) is 0 Å². The van der Waals surface area contributed by atoms with E-state index in [2.05, 4.69) is 31.9 Å². The number of benzene rings is 1. The third-order valence-corrected chi connectivity index (χ3v) is 2.30. The summed E-state index contributed by atoms with van der Waals surface area (Å²) in [4.78, 5) is 2.22. The van der Waals surface area contributed by atoms with Gasteiger partial charge in [0.15, 0.2) is 0 Å². The summed E-state index contributed by atoms with van der Waals surface area (Å²) in [5, 5.41) is 0. The zero-order chi connectivity index (χ0) is 12.1. The molecule has 16 heavy (non-hydrogen) atoms. The number of nitrogen functional groups attached to an aromatic ring is 2. The third kappa shape index (κ3) is 4.36. The Labute approximate surface area is 97.7 Å². The molecule has 4 N–H and O–H groups in total. The normalized spacial score (nSPS) is 10.5. The van der Waals surface area contributed by atoms with E-state index in [0.29, 0.717) is 0 Å². The van der Waals surface area contributed by atoms with Gasteiger partial charge >= 0.3 is 0 Å². The number of nitrogens with zero attached hydrogens (tertiary/aromatic N) is 1. The molecule has 0 unspecified atom stereocenters. The highest BCUT2D eigenvalue weighted by Crippen LogP contribution is 2.14. The van der Waals surface area contributed by atoms with Gasteiger partial charge in [0.25, 0.3) is 0 Å². The van der Waals surface area contributed by atoms with E-state index in [0.717, 1.165) is 30.0 Å². The first-order valence-corrected chi connectivity index (χ1v) is 5.44. The zero-order valence-corrected chi connectivity index (χ0v) is 10.3. The number of hydrogen-bond donors (Lipinski definition) is 2. The van der Waals surface area contributed by atoms with Gasteiger partial charge in [0, 0.05) is 24.5 Å². The van der Waals surface area contributed by atoms with Crippen LogP contribution in [0.5, 0.6) is 0 Å². The van der Waals surface area contributed by atoms with Crippen LogP contribution in [0.3, 0.4) is 0 Å². The summed E-state index contributed by atoms with van der Waals surface area (Å²) in [5.41, 5.74) is 15.4. The van der Waals surface area contributed by atoms with Crippen LogP contribution in [0, 0.1) is 0 Å². The Balaban J connectivity index is 2.62. The molecule has 0 saturated heterocycles. The number of anilines is 2. The summed E-state index contributed by atoms with van der Waals surface area (Å²) >= 11 is 0. The monoisotopic (exact) mass is 219 g/mol. The van der Waals surface area contributed by atoms with Crippen molar-refractivity contribution in [3.63, 3.8) is 0 Å². The van der Waals surface area contributed by atoms with Crippen molar-refractivity contribution in [2.75, 3.05) is 25.1 Å². The predicted octanol–water partition coefficient (Wildman–Crippen LogP) is 2.25. The molecule has 88 valence electrons. The second-order valence-electron chi connectivity index (χ2n) is 4.49. The lowest BCUT2D eigenvalue weighted by Gasteiger charge is -2.15. The Morgan fingerprint density at radius 3 is 2.25 bits per heavy atom. The van der Waals surface area contributed by atoms with E-state index in [1.807, 2.05) is 12.1 Å². The average molecular weight is 219 g/mol. The first kappa shape index (κ1) is 12.6. The molecule has 0 fully saturated rings. The van der Waals surface area contributed by atoms with Gasteiger partial charge in [-0.15, -0.1) is 0 Å². The van der Waals surface area contributed by atoms with E-state index >= 15 is 0 Å². The van der Waals surface area contributed by atoms with E-state index in [9.17, 15) is 0 Å². The van der Waals surface area contributed by atoms with E-state index in [4.69, 9.17) is 11.5 Å². The van der Waals surface area contributed by atoms with E-state index < -0.39 is 0 Å². The summed E-state index contributed by atoms with van der Waals surface area (Å²) in [6.07, 6.45) is 2.20. The van der Waals surface area contributed by atoms with Gasteiger partial charge in [0.1, 0.15) is 0 Å². The molecule has 0 aliphatic heterocycles. The lowest BCUT2D eigenvalue weighted by Crippen LogP contribution is -2.18. The maximum absolute atomic E-state index is 5.75. The second kappa shape index (κ2) is 5.56. The summed E-state index contributed by atoms with van der Waals surface area (Å²) in [6, 6.07) is 5.71. The smallest absolute Gasteiger partial charge is 0.0337 e. The molecule has 0 aliphatic rings. The van der Waals surface area contributed by atoms with Crippen LogP contribution < -0.4 is 11.5 Å². The third-order valence-electron chi connectivity index (χ3n) is 2.30. The SMILES string of the molecule is CC(C)=CCN(C)Cc1cc(N)cc(N)c1. The van der Waals surface area contributed by atoms with Crippen LogP contribution in [0.25, 0.3) is 0 Å².